The molecule has 48 heavy (non-hydrogen) atoms. The molecule has 2 heterocycles. The first-order chi connectivity index (χ1) is 22.9. The summed E-state index contributed by atoms with van der Waals surface area (Å²) < 4.78 is 83.5. The zero-order valence-electron chi connectivity index (χ0n) is 27.8. The summed E-state index contributed by atoms with van der Waals surface area (Å²) in [6.45, 7) is 5.81. The van der Waals surface area contributed by atoms with E-state index in [1.165, 1.54) is 44.2 Å². The minimum atomic E-state index is -4.41. The molecule has 1 aliphatic carbocycles. The Kier molecular flexibility index (Phi) is 10.2. The molecular weight excluding hydrogens is 637 g/mol. The van der Waals surface area contributed by atoms with Crippen molar-refractivity contribution >= 4 is 9.84 Å². The maximum atomic E-state index is 14.9. The largest absolute Gasteiger partial charge is 0.416 e. The molecule has 6 rings (SSSR count). The van der Waals surface area contributed by atoms with Crippen LogP contribution in [0.25, 0.3) is 5.69 Å². The normalized spacial score (nSPS) is 16.0. The first kappa shape index (κ1) is 34.4. The van der Waals surface area contributed by atoms with Crippen LogP contribution in [0, 0.1) is 25.6 Å². The summed E-state index contributed by atoms with van der Waals surface area (Å²) in [5.74, 6) is 0.333. The number of hydrogen-bond acceptors (Lipinski definition) is 3. The summed E-state index contributed by atoms with van der Waals surface area (Å²) in [6, 6.07) is 18.0. The third kappa shape index (κ3) is 7.89. The number of alkyl halides is 3. The molecule has 4 aromatic rings. The quantitative estimate of drug-likeness (QED) is 0.148. The molecule has 0 amide bonds. The van der Waals surface area contributed by atoms with E-state index in [-0.39, 0.29) is 22.9 Å². The molecule has 1 fully saturated rings. The first-order valence-electron chi connectivity index (χ1n) is 17.1. The number of nitrogens with zero attached hydrogens (tertiary/aromatic N) is 2. The molecule has 9 heteroatoms. The lowest BCUT2D eigenvalue weighted by Gasteiger charge is -2.29. The van der Waals surface area contributed by atoms with Crippen molar-refractivity contribution in [2.75, 3.05) is 12.3 Å². The Morgan fingerprint density at radius 3 is 2.42 bits per heavy atom. The van der Waals surface area contributed by atoms with E-state index < -0.39 is 21.6 Å². The van der Waals surface area contributed by atoms with E-state index in [9.17, 15) is 26.0 Å². The van der Waals surface area contributed by atoms with Crippen molar-refractivity contribution in [3.05, 3.63) is 117 Å². The van der Waals surface area contributed by atoms with E-state index in [1.54, 1.807) is 30.3 Å². The standard InChI is InChI=1S/C39H44F4N2O2S/c1-27-21-34(28(2)45(27)36-12-6-11-35(24-36)39(41,42)43)26-44-19-17-32-23-37(16-15-33(32)25-44)48(46,47)20-18-31-14-13-30(22-38(31)40)10-5-9-29-7-3-4-8-29/h6,11-16,21-24,29H,3-5,7-10,17-20,25-26H2,1-2H3. The summed E-state index contributed by atoms with van der Waals surface area (Å²) >= 11 is 0. The van der Waals surface area contributed by atoms with Crippen molar-refractivity contribution in [1.29, 1.82) is 0 Å². The Labute approximate surface area is 281 Å². The SMILES string of the molecule is Cc1cc(CN2CCc3cc(S(=O)(=O)CCc4ccc(CCCC5CCCC5)cc4F)ccc3C2)c(C)n1-c1cccc(C(F)(F)F)c1. The number of rotatable bonds is 11. The maximum absolute atomic E-state index is 14.9. The minimum Gasteiger partial charge on any atom is -0.318 e. The Hall–Kier alpha value is -3.43. The van der Waals surface area contributed by atoms with Crippen LogP contribution in [-0.4, -0.2) is 30.2 Å². The number of hydrogen-bond donors (Lipinski definition) is 0. The van der Waals surface area contributed by atoms with E-state index in [0.717, 1.165) is 65.0 Å². The van der Waals surface area contributed by atoms with Gasteiger partial charge >= 0.3 is 6.18 Å². The van der Waals surface area contributed by atoms with Crippen molar-refractivity contribution < 1.29 is 26.0 Å². The maximum Gasteiger partial charge on any atom is 0.416 e. The van der Waals surface area contributed by atoms with Crippen LogP contribution >= 0.6 is 0 Å². The molecule has 2 aliphatic rings. The minimum absolute atomic E-state index is 0.125. The van der Waals surface area contributed by atoms with E-state index in [1.807, 2.05) is 36.6 Å². The van der Waals surface area contributed by atoms with Gasteiger partial charge in [0.25, 0.3) is 0 Å². The Balaban J connectivity index is 1.06. The molecule has 0 unspecified atom stereocenters. The fourth-order valence-corrected chi connectivity index (χ4v) is 8.89. The van der Waals surface area contributed by atoms with Gasteiger partial charge in [-0.3, -0.25) is 4.90 Å². The van der Waals surface area contributed by atoms with E-state index in [0.29, 0.717) is 30.8 Å². The van der Waals surface area contributed by atoms with E-state index >= 15 is 0 Å². The number of sulfone groups is 1. The topological polar surface area (TPSA) is 42.3 Å². The Morgan fingerprint density at radius 1 is 0.875 bits per heavy atom. The Morgan fingerprint density at radius 2 is 1.67 bits per heavy atom. The molecule has 0 N–H and O–H groups in total. The summed E-state index contributed by atoms with van der Waals surface area (Å²) in [5.41, 5.74) is 6.05. The van der Waals surface area contributed by atoms with Crippen molar-refractivity contribution in [3.63, 3.8) is 0 Å². The summed E-state index contributed by atoms with van der Waals surface area (Å²) in [7, 11) is -3.60. The van der Waals surface area contributed by atoms with Crippen molar-refractivity contribution in [2.45, 2.75) is 95.8 Å². The molecule has 0 saturated heterocycles. The fourth-order valence-electron chi connectivity index (χ4n) is 7.57. The summed E-state index contributed by atoms with van der Waals surface area (Å²) in [6.07, 6.45) is 4.79. The molecular formula is C39H44F4N2O2S. The molecule has 0 radical (unpaired) electrons. The van der Waals surface area contributed by atoms with Crippen LogP contribution < -0.4 is 0 Å². The highest BCUT2D eigenvalue weighted by molar-refractivity contribution is 7.91. The molecule has 0 spiro atoms. The molecule has 1 saturated carbocycles. The van der Waals surface area contributed by atoms with E-state index in [2.05, 4.69) is 4.90 Å². The van der Waals surface area contributed by atoms with Gasteiger partial charge in [0.1, 0.15) is 5.82 Å². The second-order valence-corrected chi connectivity index (χ2v) is 15.8. The lowest BCUT2D eigenvalue weighted by Crippen LogP contribution is -2.30. The van der Waals surface area contributed by atoms with Gasteiger partial charge in [-0.25, -0.2) is 12.8 Å². The number of fused-ring (bicyclic) bond motifs is 1. The first-order valence-corrected chi connectivity index (χ1v) is 18.7. The Bertz CT molecular complexity index is 1870. The zero-order chi connectivity index (χ0) is 34.1. The third-order valence-corrected chi connectivity index (χ3v) is 12.0. The van der Waals surface area contributed by atoms with Crippen LogP contribution in [0.5, 0.6) is 0 Å². The van der Waals surface area contributed by atoms with Crippen molar-refractivity contribution in [3.8, 4) is 5.69 Å². The fraction of sp³-hybridized carbons (Fsp3) is 0.436. The third-order valence-electron chi connectivity index (χ3n) is 10.3. The van der Waals surface area contributed by atoms with Gasteiger partial charge in [-0.05, 0) is 116 Å². The molecule has 4 nitrogen and oxygen atoms in total. The van der Waals surface area contributed by atoms with Gasteiger partial charge in [-0.2, -0.15) is 13.2 Å². The molecule has 1 aliphatic heterocycles. The van der Waals surface area contributed by atoms with Crippen LogP contribution in [0.2, 0.25) is 0 Å². The van der Waals surface area contributed by atoms with E-state index in [4.69, 9.17) is 0 Å². The van der Waals surface area contributed by atoms with Crippen LogP contribution in [0.4, 0.5) is 17.6 Å². The highest BCUT2D eigenvalue weighted by Gasteiger charge is 2.31. The van der Waals surface area contributed by atoms with Crippen molar-refractivity contribution in [2.24, 2.45) is 5.92 Å². The van der Waals surface area contributed by atoms with Gasteiger partial charge < -0.3 is 4.57 Å². The number of aromatic nitrogens is 1. The number of halogens is 4. The lowest BCUT2D eigenvalue weighted by atomic mass is 9.97. The van der Waals surface area contributed by atoms with Gasteiger partial charge in [-0.1, -0.05) is 56.4 Å². The van der Waals surface area contributed by atoms with Gasteiger partial charge in [0, 0.05) is 36.7 Å². The number of benzene rings is 3. The summed E-state index contributed by atoms with van der Waals surface area (Å²) in [4.78, 5) is 2.54. The monoisotopic (exact) mass is 680 g/mol. The van der Waals surface area contributed by atoms with Crippen LogP contribution in [-0.2, 0) is 48.4 Å². The highest BCUT2D eigenvalue weighted by atomic mass is 32.2. The molecule has 0 atom stereocenters. The van der Waals surface area contributed by atoms with Gasteiger partial charge in [-0.15, -0.1) is 0 Å². The van der Waals surface area contributed by atoms with Crippen LogP contribution in [0.15, 0.2) is 71.6 Å². The highest BCUT2D eigenvalue weighted by Crippen LogP contribution is 2.33. The van der Waals surface area contributed by atoms with Crippen LogP contribution in [0.3, 0.4) is 0 Å². The summed E-state index contributed by atoms with van der Waals surface area (Å²) in [5, 5.41) is 0. The van der Waals surface area contributed by atoms with Gasteiger partial charge in [0.15, 0.2) is 9.84 Å². The molecule has 3 aromatic carbocycles. The zero-order valence-corrected chi connectivity index (χ0v) is 28.6. The second-order valence-electron chi connectivity index (χ2n) is 13.7. The van der Waals surface area contributed by atoms with Gasteiger partial charge in [0.05, 0.1) is 16.2 Å². The van der Waals surface area contributed by atoms with Crippen LogP contribution in [0.1, 0.15) is 83.3 Å². The second kappa shape index (κ2) is 14.2. The average Bonchev–Trinajstić information content (AvgIpc) is 3.67. The smallest absolute Gasteiger partial charge is 0.318 e. The predicted molar refractivity (Wildman–Crippen MR) is 182 cm³/mol. The number of aryl methyl sites for hydroxylation is 3. The molecule has 0 bridgehead atoms. The van der Waals surface area contributed by atoms with Crippen molar-refractivity contribution in [1.82, 2.24) is 9.47 Å². The molecule has 256 valence electrons. The molecule has 1 aromatic heterocycles. The lowest BCUT2D eigenvalue weighted by molar-refractivity contribution is -0.137. The predicted octanol–water partition coefficient (Wildman–Crippen LogP) is 9.34. The average molecular weight is 681 g/mol. The van der Waals surface area contributed by atoms with Gasteiger partial charge in [0.2, 0.25) is 0 Å².